The Morgan fingerprint density at radius 3 is 2.89 bits per heavy atom. The molecule has 18 heavy (non-hydrogen) atoms. The highest BCUT2D eigenvalue weighted by Crippen LogP contribution is 2.58. The van der Waals surface area contributed by atoms with Crippen molar-refractivity contribution >= 4 is 17.7 Å². The summed E-state index contributed by atoms with van der Waals surface area (Å²) in [4.78, 5) is 12.4. The summed E-state index contributed by atoms with van der Waals surface area (Å²) in [5, 5.41) is 3.42. The highest BCUT2D eigenvalue weighted by atomic mass is 32.2. The number of thioether (sulfide) groups is 1. The minimum atomic E-state index is -0.772. The molecule has 1 aliphatic heterocycles. The molecule has 0 aromatic carbocycles. The molecule has 2 rings (SSSR count). The first kappa shape index (κ1) is 14.2. The molecule has 104 valence electrons. The Balaban J connectivity index is 2.04. The highest BCUT2D eigenvalue weighted by Gasteiger charge is 2.71. The molecule has 4 atom stereocenters. The van der Waals surface area contributed by atoms with Gasteiger partial charge in [0.25, 0.3) is 0 Å². The van der Waals surface area contributed by atoms with Crippen molar-refractivity contribution in [3.63, 3.8) is 0 Å². The molecule has 5 heteroatoms. The summed E-state index contributed by atoms with van der Waals surface area (Å²) in [6.07, 6.45) is 3.09. The van der Waals surface area contributed by atoms with Crippen LogP contribution in [0.1, 0.15) is 27.2 Å². The van der Waals surface area contributed by atoms with Gasteiger partial charge in [0, 0.05) is 29.7 Å². The van der Waals surface area contributed by atoms with Crippen LogP contribution >= 0.6 is 11.8 Å². The second kappa shape index (κ2) is 4.69. The Morgan fingerprint density at radius 2 is 2.28 bits per heavy atom. The number of ether oxygens (including phenoxy) is 1. The monoisotopic (exact) mass is 272 g/mol. The van der Waals surface area contributed by atoms with Crippen LogP contribution in [0.4, 0.5) is 0 Å². The third-order valence-corrected chi connectivity index (χ3v) is 5.75. The van der Waals surface area contributed by atoms with Gasteiger partial charge in [-0.05, 0) is 12.7 Å². The lowest BCUT2D eigenvalue weighted by atomic mass is 9.48. The zero-order chi connectivity index (χ0) is 13.6. The van der Waals surface area contributed by atoms with E-state index >= 15 is 0 Å². The number of amides is 1. The minimum Gasteiger partial charge on any atom is -0.377 e. The van der Waals surface area contributed by atoms with E-state index in [1.165, 1.54) is 0 Å². The molecule has 1 heterocycles. The minimum absolute atomic E-state index is 0.0137. The van der Waals surface area contributed by atoms with Gasteiger partial charge in [-0.1, -0.05) is 20.8 Å². The standard InChI is InChI=1S/C13H24N2O2S/c1-8(18-4)7-15-11(16)13(14)9-5-6-17-10(9)12(13,2)3/h8-10H,5-7,14H2,1-4H3,(H,15,16). The van der Waals surface area contributed by atoms with Crippen LogP contribution in [0.2, 0.25) is 0 Å². The highest BCUT2D eigenvalue weighted by molar-refractivity contribution is 7.99. The van der Waals surface area contributed by atoms with Crippen molar-refractivity contribution in [2.75, 3.05) is 19.4 Å². The van der Waals surface area contributed by atoms with Crippen molar-refractivity contribution in [3.8, 4) is 0 Å². The number of rotatable bonds is 4. The second-order valence-corrected chi connectivity index (χ2v) is 7.31. The maximum absolute atomic E-state index is 12.4. The molecule has 1 aliphatic carbocycles. The molecule has 2 fully saturated rings. The molecule has 4 unspecified atom stereocenters. The summed E-state index contributed by atoms with van der Waals surface area (Å²) in [5.41, 5.74) is 5.39. The fourth-order valence-electron chi connectivity index (χ4n) is 3.31. The summed E-state index contributed by atoms with van der Waals surface area (Å²) in [6, 6.07) is 0. The van der Waals surface area contributed by atoms with E-state index in [2.05, 4.69) is 12.2 Å². The first-order chi connectivity index (χ1) is 8.35. The maximum Gasteiger partial charge on any atom is 0.241 e. The predicted molar refractivity (Wildman–Crippen MR) is 74.5 cm³/mol. The molecule has 3 N–H and O–H groups in total. The van der Waals surface area contributed by atoms with Crippen LogP contribution in [0.25, 0.3) is 0 Å². The van der Waals surface area contributed by atoms with E-state index in [4.69, 9.17) is 10.5 Å². The molecule has 0 aromatic heterocycles. The molecule has 0 aromatic rings. The summed E-state index contributed by atoms with van der Waals surface area (Å²) < 4.78 is 5.70. The lowest BCUT2D eigenvalue weighted by Gasteiger charge is -2.60. The fraction of sp³-hybridized carbons (Fsp3) is 0.923. The van der Waals surface area contributed by atoms with Crippen molar-refractivity contribution in [2.45, 2.75) is 44.1 Å². The van der Waals surface area contributed by atoms with Crippen molar-refractivity contribution in [3.05, 3.63) is 0 Å². The van der Waals surface area contributed by atoms with Gasteiger partial charge in [-0.15, -0.1) is 0 Å². The van der Waals surface area contributed by atoms with Gasteiger partial charge in [0.1, 0.15) is 5.54 Å². The number of hydrogen-bond acceptors (Lipinski definition) is 4. The number of nitrogens with two attached hydrogens (primary N) is 1. The number of carbonyl (C=O) groups is 1. The average molecular weight is 272 g/mol. The maximum atomic E-state index is 12.4. The smallest absolute Gasteiger partial charge is 0.241 e. The van der Waals surface area contributed by atoms with E-state index in [1.54, 1.807) is 11.8 Å². The zero-order valence-corrected chi connectivity index (χ0v) is 12.5. The summed E-state index contributed by atoms with van der Waals surface area (Å²) >= 11 is 1.74. The molecule has 2 aliphatic rings. The third kappa shape index (κ3) is 1.79. The van der Waals surface area contributed by atoms with Gasteiger partial charge >= 0.3 is 0 Å². The number of nitrogens with one attached hydrogen (secondary N) is 1. The lowest BCUT2D eigenvalue weighted by molar-refractivity contribution is -0.175. The van der Waals surface area contributed by atoms with Crippen molar-refractivity contribution < 1.29 is 9.53 Å². The largest absolute Gasteiger partial charge is 0.377 e. The van der Waals surface area contributed by atoms with E-state index in [-0.39, 0.29) is 23.3 Å². The Labute approximate surface area is 113 Å². The van der Waals surface area contributed by atoms with Gasteiger partial charge in [0.15, 0.2) is 0 Å². The van der Waals surface area contributed by atoms with Crippen LogP contribution in [0.3, 0.4) is 0 Å². The molecule has 0 radical (unpaired) electrons. The molecular formula is C13H24N2O2S. The van der Waals surface area contributed by atoms with Crippen LogP contribution in [0.5, 0.6) is 0 Å². The van der Waals surface area contributed by atoms with Gasteiger partial charge in [0.2, 0.25) is 5.91 Å². The first-order valence-corrected chi connectivity index (χ1v) is 7.86. The van der Waals surface area contributed by atoms with E-state index < -0.39 is 5.54 Å². The first-order valence-electron chi connectivity index (χ1n) is 6.57. The molecule has 1 saturated carbocycles. The van der Waals surface area contributed by atoms with Crippen LogP contribution in [0.15, 0.2) is 0 Å². The van der Waals surface area contributed by atoms with Gasteiger partial charge in [0.05, 0.1) is 6.10 Å². The van der Waals surface area contributed by atoms with E-state index in [1.807, 2.05) is 20.1 Å². The summed E-state index contributed by atoms with van der Waals surface area (Å²) in [6.45, 7) is 7.58. The van der Waals surface area contributed by atoms with Crippen molar-refractivity contribution in [2.24, 2.45) is 17.1 Å². The molecular weight excluding hydrogens is 248 g/mol. The molecule has 4 nitrogen and oxygen atoms in total. The van der Waals surface area contributed by atoms with Crippen LogP contribution in [-0.2, 0) is 9.53 Å². The Bertz CT molecular complexity index is 348. The topological polar surface area (TPSA) is 64.4 Å². The van der Waals surface area contributed by atoms with Crippen LogP contribution in [0, 0.1) is 11.3 Å². The number of carbonyl (C=O) groups excluding carboxylic acids is 1. The van der Waals surface area contributed by atoms with Crippen LogP contribution in [-0.4, -0.2) is 42.2 Å². The number of hydrogen-bond donors (Lipinski definition) is 2. The summed E-state index contributed by atoms with van der Waals surface area (Å²) in [7, 11) is 0. The molecule has 1 amide bonds. The van der Waals surface area contributed by atoms with E-state index in [9.17, 15) is 4.79 Å². The Hall–Kier alpha value is -0.260. The fourth-order valence-corrected chi connectivity index (χ4v) is 3.56. The molecule has 1 saturated heterocycles. The summed E-state index contributed by atoms with van der Waals surface area (Å²) in [5.74, 6) is 0.164. The normalized spacial score (nSPS) is 38.7. The SMILES string of the molecule is CSC(C)CNC(=O)C1(N)C2CCOC2C1(C)C. The quantitative estimate of drug-likeness (QED) is 0.801. The van der Waals surface area contributed by atoms with Gasteiger partial charge < -0.3 is 15.8 Å². The Morgan fingerprint density at radius 1 is 1.61 bits per heavy atom. The average Bonchev–Trinajstić information content (AvgIpc) is 2.82. The third-order valence-electron chi connectivity index (χ3n) is 4.78. The van der Waals surface area contributed by atoms with Gasteiger partial charge in [-0.25, -0.2) is 0 Å². The van der Waals surface area contributed by atoms with Gasteiger partial charge in [-0.2, -0.15) is 11.8 Å². The molecule has 0 spiro atoms. The zero-order valence-electron chi connectivity index (χ0n) is 11.7. The van der Waals surface area contributed by atoms with Crippen LogP contribution < -0.4 is 11.1 Å². The van der Waals surface area contributed by atoms with E-state index in [0.717, 1.165) is 13.0 Å². The second-order valence-electron chi connectivity index (χ2n) is 6.03. The predicted octanol–water partition coefficient (Wildman–Crippen LogP) is 0.996. The van der Waals surface area contributed by atoms with E-state index in [0.29, 0.717) is 11.8 Å². The lowest BCUT2D eigenvalue weighted by Crippen LogP contribution is -2.80. The van der Waals surface area contributed by atoms with Crippen molar-refractivity contribution in [1.29, 1.82) is 0 Å². The number of fused-ring (bicyclic) bond motifs is 1. The van der Waals surface area contributed by atoms with Gasteiger partial charge in [-0.3, -0.25) is 4.79 Å². The molecule has 0 bridgehead atoms. The van der Waals surface area contributed by atoms with Crippen molar-refractivity contribution in [1.82, 2.24) is 5.32 Å². The Kier molecular flexibility index (Phi) is 3.69.